The lowest BCUT2D eigenvalue weighted by molar-refractivity contribution is -1.07. The van der Waals surface area contributed by atoms with Gasteiger partial charge in [-0.3, -0.25) is 9.59 Å². The van der Waals surface area contributed by atoms with Crippen molar-refractivity contribution in [2.24, 2.45) is 0 Å². The zero-order valence-electron chi connectivity index (χ0n) is 19.8. The summed E-state index contributed by atoms with van der Waals surface area (Å²) >= 11 is 0. The highest BCUT2D eigenvalue weighted by Gasteiger charge is 2.09. The van der Waals surface area contributed by atoms with Crippen LogP contribution in [0.3, 0.4) is 0 Å². The molecule has 0 atom stereocenters. The smallest absolute Gasteiger partial charge is 0.305 e. The van der Waals surface area contributed by atoms with Gasteiger partial charge in [0.1, 0.15) is 6.54 Å². The van der Waals surface area contributed by atoms with E-state index in [0.29, 0.717) is 25.9 Å². The Morgan fingerprint density at radius 3 is 1.83 bits per heavy atom. The summed E-state index contributed by atoms with van der Waals surface area (Å²) in [7, 11) is 4.91. The molecule has 0 fully saturated rings. The molecular formula is C24H47N2O4+. The Hall–Kier alpha value is -1.40. The topological polar surface area (TPSA) is 75.6 Å². The molecule has 0 aliphatic rings. The number of hydroxylamine groups is 3. The number of hydrogen-bond donors (Lipinski definition) is 2. The number of quaternary nitrogens is 1. The average molecular weight is 428 g/mol. The highest BCUT2D eigenvalue weighted by atomic mass is 16.5. The molecule has 6 heteroatoms. The zero-order valence-corrected chi connectivity index (χ0v) is 19.8. The van der Waals surface area contributed by atoms with Crippen molar-refractivity contribution in [3.05, 3.63) is 12.2 Å². The van der Waals surface area contributed by atoms with Crippen molar-refractivity contribution in [3.8, 4) is 0 Å². The van der Waals surface area contributed by atoms with Gasteiger partial charge in [0.25, 0.3) is 0 Å². The van der Waals surface area contributed by atoms with Crippen LogP contribution in [0.4, 0.5) is 0 Å². The summed E-state index contributed by atoms with van der Waals surface area (Å²) in [6.07, 6.45) is 20.3. The summed E-state index contributed by atoms with van der Waals surface area (Å²) in [5.41, 5.74) is 0. The molecule has 0 saturated heterocycles. The second-order valence-corrected chi connectivity index (χ2v) is 8.71. The molecule has 0 aromatic carbocycles. The third-order valence-electron chi connectivity index (χ3n) is 5.12. The first-order valence-electron chi connectivity index (χ1n) is 11.9. The minimum Gasteiger partial charge on any atom is -0.469 e. The van der Waals surface area contributed by atoms with Crippen LogP contribution in [0.2, 0.25) is 0 Å². The number of nitrogens with one attached hydrogen (secondary N) is 1. The SMILES string of the molecule is COC(=O)CCCCCCCC=CCCCCCCCC(=O)NCCC[N+](C)(C)O. The van der Waals surface area contributed by atoms with E-state index in [9.17, 15) is 14.8 Å². The summed E-state index contributed by atoms with van der Waals surface area (Å²) in [4.78, 5) is 22.7. The molecular weight excluding hydrogens is 380 g/mol. The van der Waals surface area contributed by atoms with Crippen molar-refractivity contribution in [1.82, 2.24) is 5.32 Å². The molecule has 0 aliphatic carbocycles. The Balaban J connectivity index is 3.28. The first kappa shape index (κ1) is 28.6. The van der Waals surface area contributed by atoms with E-state index in [0.717, 1.165) is 44.9 Å². The summed E-state index contributed by atoms with van der Waals surface area (Å²) in [6.45, 7) is 1.29. The quantitative estimate of drug-likeness (QED) is 0.0926. The molecule has 0 saturated carbocycles. The molecule has 0 aromatic heterocycles. The van der Waals surface area contributed by atoms with Gasteiger partial charge in [0.2, 0.25) is 5.91 Å². The van der Waals surface area contributed by atoms with E-state index >= 15 is 0 Å². The minimum atomic E-state index is -0.0996. The van der Waals surface area contributed by atoms with Gasteiger partial charge < -0.3 is 10.1 Å². The van der Waals surface area contributed by atoms with Crippen LogP contribution in [0.15, 0.2) is 12.2 Å². The van der Waals surface area contributed by atoms with Crippen LogP contribution in [-0.4, -0.2) is 56.0 Å². The van der Waals surface area contributed by atoms with Crippen LogP contribution in [0.5, 0.6) is 0 Å². The van der Waals surface area contributed by atoms with Crippen molar-refractivity contribution < 1.29 is 24.2 Å². The standard InChI is InChI=1S/C24H46N2O4/c1-26(2,29)22-18-21-25-23(27)19-16-14-12-10-8-6-4-5-7-9-11-13-15-17-20-24(28)30-3/h4-5,29H,6-22H2,1-3H3/p+1. The first-order valence-corrected chi connectivity index (χ1v) is 11.9. The molecule has 0 unspecified atom stereocenters. The van der Waals surface area contributed by atoms with Crippen molar-refractivity contribution in [2.45, 2.75) is 96.3 Å². The second-order valence-electron chi connectivity index (χ2n) is 8.71. The number of nitrogens with zero attached hydrogens (tertiary/aromatic N) is 1. The Morgan fingerprint density at radius 2 is 1.30 bits per heavy atom. The van der Waals surface area contributed by atoms with E-state index in [1.807, 2.05) is 0 Å². The largest absolute Gasteiger partial charge is 0.469 e. The maximum absolute atomic E-state index is 11.7. The number of methoxy groups -OCH3 is 1. The molecule has 0 radical (unpaired) electrons. The monoisotopic (exact) mass is 427 g/mol. The third kappa shape index (κ3) is 22.9. The normalized spacial score (nSPS) is 11.7. The summed E-state index contributed by atoms with van der Waals surface area (Å²) in [6, 6.07) is 0. The number of amides is 1. The van der Waals surface area contributed by atoms with Crippen LogP contribution >= 0.6 is 0 Å². The number of hydrogen-bond acceptors (Lipinski definition) is 4. The molecule has 0 aromatic rings. The van der Waals surface area contributed by atoms with Crippen molar-refractivity contribution in [2.75, 3.05) is 34.3 Å². The lowest BCUT2D eigenvalue weighted by Crippen LogP contribution is -2.38. The number of carbonyl (C=O) groups is 2. The van der Waals surface area contributed by atoms with Crippen LogP contribution in [0, 0.1) is 0 Å². The average Bonchev–Trinajstić information content (AvgIpc) is 2.69. The molecule has 30 heavy (non-hydrogen) atoms. The fourth-order valence-corrected chi connectivity index (χ4v) is 3.26. The first-order chi connectivity index (χ1) is 14.3. The number of ether oxygens (including phenoxy) is 1. The van der Waals surface area contributed by atoms with E-state index in [-0.39, 0.29) is 16.5 Å². The predicted molar refractivity (Wildman–Crippen MR) is 122 cm³/mol. The molecule has 0 heterocycles. The summed E-state index contributed by atoms with van der Waals surface area (Å²) in [5, 5.41) is 12.5. The lowest BCUT2D eigenvalue weighted by Gasteiger charge is -2.19. The third-order valence-corrected chi connectivity index (χ3v) is 5.12. The Kier molecular flexibility index (Phi) is 18.6. The van der Waals surface area contributed by atoms with Crippen molar-refractivity contribution in [1.29, 1.82) is 0 Å². The minimum absolute atomic E-state index is 0.0508. The van der Waals surface area contributed by atoms with Crippen LogP contribution < -0.4 is 5.32 Å². The molecule has 2 N–H and O–H groups in total. The molecule has 0 bridgehead atoms. The molecule has 1 amide bonds. The maximum Gasteiger partial charge on any atom is 0.305 e. The highest BCUT2D eigenvalue weighted by molar-refractivity contribution is 5.75. The zero-order chi connectivity index (χ0) is 22.5. The maximum atomic E-state index is 11.7. The number of unbranched alkanes of at least 4 members (excludes halogenated alkanes) is 10. The van der Waals surface area contributed by atoms with Crippen molar-refractivity contribution >= 4 is 11.9 Å². The molecule has 0 rings (SSSR count). The van der Waals surface area contributed by atoms with Crippen LogP contribution in [-0.2, 0) is 14.3 Å². The van der Waals surface area contributed by atoms with Gasteiger partial charge in [-0.15, -0.1) is 0 Å². The van der Waals surface area contributed by atoms with Gasteiger partial charge in [-0.2, -0.15) is 4.65 Å². The summed E-state index contributed by atoms with van der Waals surface area (Å²) < 4.78 is 4.58. The summed E-state index contributed by atoms with van der Waals surface area (Å²) in [5.74, 6) is 0.0297. The van der Waals surface area contributed by atoms with Crippen LogP contribution in [0.1, 0.15) is 96.3 Å². The number of esters is 1. The highest BCUT2D eigenvalue weighted by Crippen LogP contribution is 2.10. The van der Waals surface area contributed by atoms with Gasteiger partial charge in [0, 0.05) is 25.8 Å². The molecule has 0 spiro atoms. The molecule has 176 valence electrons. The van der Waals surface area contributed by atoms with Gasteiger partial charge in [0.05, 0.1) is 21.2 Å². The van der Waals surface area contributed by atoms with Crippen molar-refractivity contribution in [3.63, 3.8) is 0 Å². The fraction of sp³-hybridized carbons (Fsp3) is 0.833. The number of allylic oxidation sites excluding steroid dienone is 2. The predicted octanol–water partition coefficient (Wildman–Crippen LogP) is 5.15. The van der Waals surface area contributed by atoms with Gasteiger partial charge >= 0.3 is 5.97 Å². The van der Waals surface area contributed by atoms with Gasteiger partial charge in [-0.25, -0.2) is 5.21 Å². The second kappa shape index (κ2) is 19.6. The Bertz CT molecular complexity index is 459. The molecule has 6 nitrogen and oxygen atoms in total. The van der Waals surface area contributed by atoms with E-state index in [1.165, 1.54) is 45.6 Å². The number of rotatable bonds is 20. The molecule has 0 aliphatic heterocycles. The van der Waals surface area contributed by atoms with Gasteiger partial charge in [-0.1, -0.05) is 50.7 Å². The number of carbonyl (C=O) groups excluding carboxylic acids is 2. The van der Waals surface area contributed by atoms with Gasteiger partial charge in [0.15, 0.2) is 0 Å². The lowest BCUT2D eigenvalue weighted by atomic mass is 10.1. The van der Waals surface area contributed by atoms with E-state index in [1.54, 1.807) is 14.1 Å². The van der Waals surface area contributed by atoms with Gasteiger partial charge in [-0.05, 0) is 38.5 Å². The van der Waals surface area contributed by atoms with E-state index in [2.05, 4.69) is 22.2 Å². The Labute approximate surface area is 184 Å². The van der Waals surface area contributed by atoms with E-state index < -0.39 is 0 Å². The van der Waals surface area contributed by atoms with Crippen LogP contribution in [0.25, 0.3) is 0 Å². The Morgan fingerprint density at radius 1 is 0.800 bits per heavy atom. The fourth-order valence-electron chi connectivity index (χ4n) is 3.26. The van der Waals surface area contributed by atoms with E-state index in [4.69, 9.17) is 0 Å².